The first-order valence-electron chi connectivity index (χ1n) is 4.70. The maximum absolute atomic E-state index is 11.1. The average Bonchev–Trinajstić information content (AvgIpc) is 2.60. The number of hydrogen-bond donors (Lipinski definition) is 2. The maximum atomic E-state index is 11.1. The molecule has 1 atom stereocenters. The number of carboxylic acid groups (broad SMARTS) is 1. The van der Waals surface area contributed by atoms with E-state index in [2.05, 4.69) is 15.4 Å². The highest BCUT2D eigenvalue weighted by Crippen LogP contribution is 2.24. The van der Waals surface area contributed by atoms with Gasteiger partial charge in [0.15, 0.2) is 5.82 Å². The molecule has 0 fully saturated rings. The SMILES string of the molecule is CCC(CN)(Cc1nnn(C)n1)C(=O)O. The zero-order valence-corrected chi connectivity index (χ0v) is 8.84. The zero-order chi connectivity index (χ0) is 11.5. The molecule has 0 spiro atoms. The van der Waals surface area contributed by atoms with Crippen LogP contribution in [0.25, 0.3) is 0 Å². The lowest BCUT2D eigenvalue weighted by Crippen LogP contribution is -2.40. The third-order valence-corrected chi connectivity index (χ3v) is 2.57. The molecule has 0 bridgehead atoms. The molecule has 7 heteroatoms. The van der Waals surface area contributed by atoms with Gasteiger partial charge in [0.05, 0.1) is 12.5 Å². The largest absolute Gasteiger partial charge is 0.481 e. The van der Waals surface area contributed by atoms with Gasteiger partial charge in [-0.2, -0.15) is 4.80 Å². The first-order valence-corrected chi connectivity index (χ1v) is 4.70. The summed E-state index contributed by atoms with van der Waals surface area (Å²) in [5.74, 6) is -0.507. The van der Waals surface area contributed by atoms with Crippen molar-refractivity contribution in [1.82, 2.24) is 20.2 Å². The van der Waals surface area contributed by atoms with E-state index >= 15 is 0 Å². The molecule has 3 N–H and O–H groups in total. The van der Waals surface area contributed by atoms with Crippen LogP contribution in [0.15, 0.2) is 0 Å². The topological polar surface area (TPSA) is 107 Å². The predicted molar refractivity (Wildman–Crippen MR) is 51.9 cm³/mol. The van der Waals surface area contributed by atoms with Crippen LogP contribution >= 0.6 is 0 Å². The Morgan fingerprint density at radius 3 is 2.67 bits per heavy atom. The summed E-state index contributed by atoms with van der Waals surface area (Å²) in [6.07, 6.45) is 0.653. The molecule has 0 aliphatic heterocycles. The number of nitrogens with two attached hydrogens (primary N) is 1. The lowest BCUT2D eigenvalue weighted by atomic mass is 9.81. The normalized spacial score (nSPS) is 14.9. The molecule has 0 aliphatic rings. The molecule has 1 aromatic rings. The van der Waals surface area contributed by atoms with Gasteiger partial charge >= 0.3 is 5.97 Å². The van der Waals surface area contributed by atoms with Gasteiger partial charge in [-0.3, -0.25) is 4.79 Å². The molecule has 0 saturated carbocycles. The Morgan fingerprint density at radius 1 is 1.67 bits per heavy atom. The highest BCUT2D eigenvalue weighted by molar-refractivity contribution is 5.75. The number of carbonyl (C=O) groups is 1. The Balaban J connectivity index is 2.88. The Labute approximate surface area is 87.3 Å². The monoisotopic (exact) mass is 213 g/mol. The highest BCUT2D eigenvalue weighted by Gasteiger charge is 2.36. The van der Waals surface area contributed by atoms with Crippen molar-refractivity contribution < 1.29 is 9.90 Å². The Morgan fingerprint density at radius 2 is 2.33 bits per heavy atom. The van der Waals surface area contributed by atoms with Crippen LogP contribution in [0.4, 0.5) is 0 Å². The van der Waals surface area contributed by atoms with E-state index in [9.17, 15) is 4.79 Å². The van der Waals surface area contributed by atoms with Crippen molar-refractivity contribution in [2.75, 3.05) is 6.54 Å². The van der Waals surface area contributed by atoms with Gasteiger partial charge in [-0.1, -0.05) is 6.92 Å². The fraction of sp³-hybridized carbons (Fsp3) is 0.750. The molecule has 7 nitrogen and oxygen atoms in total. The maximum Gasteiger partial charge on any atom is 0.311 e. The van der Waals surface area contributed by atoms with Gasteiger partial charge in [0.2, 0.25) is 0 Å². The molecule has 0 saturated heterocycles. The number of nitrogens with zero attached hydrogens (tertiary/aromatic N) is 4. The zero-order valence-electron chi connectivity index (χ0n) is 8.84. The van der Waals surface area contributed by atoms with Crippen molar-refractivity contribution in [2.45, 2.75) is 19.8 Å². The van der Waals surface area contributed by atoms with E-state index in [4.69, 9.17) is 10.8 Å². The number of aliphatic carboxylic acids is 1. The molecular weight excluding hydrogens is 198 g/mol. The first kappa shape index (κ1) is 11.6. The second-order valence-electron chi connectivity index (χ2n) is 3.52. The van der Waals surface area contributed by atoms with Crippen molar-refractivity contribution in [2.24, 2.45) is 18.2 Å². The van der Waals surface area contributed by atoms with E-state index < -0.39 is 11.4 Å². The summed E-state index contributed by atoms with van der Waals surface area (Å²) in [4.78, 5) is 12.4. The van der Waals surface area contributed by atoms with E-state index in [1.807, 2.05) is 0 Å². The molecule has 1 heterocycles. The van der Waals surface area contributed by atoms with Crippen molar-refractivity contribution in [3.05, 3.63) is 5.82 Å². The van der Waals surface area contributed by atoms with Crippen LogP contribution in [0.3, 0.4) is 0 Å². The second kappa shape index (κ2) is 4.35. The van der Waals surface area contributed by atoms with Gasteiger partial charge in [-0.05, 0) is 11.6 Å². The number of aryl methyl sites for hydroxylation is 1. The third-order valence-electron chi connectivity index (χ3n) is 2.57. The Bertz CT molecular complexity index is 345. The van der Waals surface area contributed by atoms with E-state index in [1.165, 1.54) is 4.80 Å². The predicted octanol–water partition coefficient (Wildman–Crippen LogP) is -0.808. The molecule has 1 unspecified atom stereocenters. The highest BCUT2D eigenvalue weighted by atomic mass is 16.4. The van der Waals surface area contributed by atoms with E-state index in [-0.39, 0.29) is 13.0 Å². The summed E-state index contributed by atoms with van der Waals surface area (Å²) < 4.78 is 0. The summed E-state index contributed by atoms with van der Waals surface area (Å²) in [5, 5.41) is 20.5. The standard InChI is InChI=1S/C8H15N5O2/c1-3-8(5-9,7(14)15)4-6-10-12-13(2)11-6/h3-5,9H2,1-2H3,(H,14,15). The van der Waals surface area contributed by atoms with Crippen LogP contribution in [0.2, 0.25) is 0 Å². The number of hydrogen-bond acceptors (Lipinski definition) is 5. The van der Waals surface area contributed by atoms with Crippen molar-refractivity contribution >= 4 is 5.97 Å². The molecule has 0 radical (unpaired) electrons. The number of tetrazole rings is 1. The van der Waals surface area contributed by atoms with Crippen LogP contribution < -0.4 is 5.73 Å². The molecule has 0 aromatic carbocycles. The fourth-order valence-electron chi connectivity index (χ4n) is 1.35. The van der Waals surface area contributed by atoms with E-state index in [0.29, 0.717) is 12.2 Å². The van der Waals surface area contributed by atoms with Gasteiger partial charge in [0.1, 0.15) is 0 Å². The minimum atomic E-state index is -0.983. The van der Waals surface area contributed by atoms with Gasteiger partial charge in [-0.15, -0.1) is 10.2 Å². The number of rotatable bonds is 5. The molecule has 1 rings (SSSR count). The van der Waals surface area contributed by atoms with Gasteiger partial charge in [-0.25, -0.2) is 0 Å². The van der Waals surface area contributed by atoms with Crippen LogP contribution in [0, 0.1) is 5.41 Å². The van der Waals surface area contributed by atoms with Gasteiger partial charge < -0.3 is 10.8 Å². The molecular formula is C8H15N5O2. The van der Waals surface area contributed by atoms with E-state index in [0.717, 1.165) is 0 Å². The van der Waals surface area contributed by atoms with Crippen molar-refractivity contribution in [3.8, 4) is 0 Å². The molecule has 15 heavy (non-hydrogen) atoms. The van der Waals surface area contributed by atoms with Crippen LogP contribution in [0.1, 0.15) is 19.2 Å². The molecule has 0 aliphatic carbocycles. The van der Waals surface area contributed by atoms with Gasteiger partial charge in [0, 0.05) is 13.0 Å². The third kappa shape index (κ3) is 2.30. The Hall–Kier alpha value is -1.50. The average molecular weight is 213 g/mol. The summed E-state index contributed by atoms with van der Waals surface area (Å²) >= 11 is 0. The van der Waals surface area contributed by atoms with Crippen LogP contribution in [-0.2, 0) is 18.3 Å². The second-order valence-corrected chi connectivity index (χ2v) is 3.52. The first-order chi connectivity index (χ1) is 7.04. The van der Waals surface area contributed by atoms with E-state index in [1.54, 1.807) is 14.0 Å². The van der Waals surface area contributed by atoms with Gasteiger partial charge in [0.25, 0.3) is 0 Å². The molecule has 0 amide bonds. The lowest BCUT2D eigenvalue weighted by Gasteiger charge is -2.24. The lowest BCUT2D eigenvalue weighted by molar-refractivity contribution is -0.148. The summed E-state index contributed by atoms with van der Waals surface area (Å²) in [7, 11) is 1.63. The van der Waals surface area contributed by atoms with Crippen LogP contribution in [0.5, 0.6) is 0 Å². The number of carboxylic acids is 1. The fourth-order valence-corrected chi connectivity index (χ4v) is 1.35. The minimum Gasteiger partial charge on any atom is -0.481 e. The summed E-state index contributed by atoms with van der Waals surface area (Å²) in [6.45, 7) is 1.86. The molecule has 1 aromatic heterocycles. The molecule has 84 valence electrons. The minimum absolute atomic E-state index is 0.0666. The quantitative estimate of drug-likeness (QED) is 0.662. The van der Waals surface area contributed by atoms with Crippen LogP contribution in [-0.4, -0.2) is 37.8 Å². The summed E-state index contributed by atoms with van der Waals surface area (Å²) in [6, 6.07) is 0. The Kier molecular flexibility index (Phi) is 3.35. The van der Waals surface area contributed by atoms with Crippen molar-refractivity contribution in [1.29, 1.82) is 0 Å². The number of aromatic nitrogens is 4. The van der Waals surface area contributed by atoms with Crippen molar-refractivity contribution in [3.63, 3.8) is 0 Å². The smallest absolute Gasteiger partial charge is 0.311 e. The summed E-state index contributed by atoms with van der Waals surface area (Å²) in [5.41, 5.74) is 4.53.